The molecule has 0 aliphatic rings. The number of amides is 1. The SMILES string of the molecule is Cc1cccc(-n2ccnc2SCC(=O)NCc2cccs2)c1. The number of carbonyl (C=O) groups excluding carboxylic acids is 1. The molecule has 6 heteroatoms. The first-order valence-electron chi connectivity index (χ1n) is 7.24. The third-order valence-corrected chi connectivity index (χ3v) is 5.10. The van der Waals surface area contributed by atoms with Crippen LogP contribution in [0.1, 0.15) is 10.4 Å². The predicted octanol–water partition coefficient (Wildman–Crippen LogP) is 3.65. The van der Waals surface area contributed by atoms with E-state index in [0.717, 1.165) is 15.7 Å². The molecule has 0 saturated carbocycles. The maximum atomic E-state index is 12.0. The zero-order valence-corrected chi connectivity index (χ0v) is 14.4. The molecule has 118 valence electrons. The smallest absolute Gasteiger partial charge is 0.230 e. The molecule has 1 amide bonds. The number of hydrogen-bond acceptors (Lipinski definition) is 4. The number of thioether (sulfide) groups is 1. The molecule has 0 saturated heterocycles. The lowest BCUT2D eigenvalue weighted by Crippen LogP contribution is -2.24. The summed E-state index contributed by atoms with van der Waals surface area (Å²) in [5.74, 6) is 0.371. The zero-order valence-electron chi connectivity index (χ0n) is 12.7. The van der Waals surface area contributed by atoms with E-state index < -0.39 is 0 Å². The molecular formula is C17H17N3OS2. The van der Waals surface area contributed by atoms with Crippen LogP contribution >= 0.6 is 23.1 Å². The number of thiophene rings is 1. The molecule has 0 radical (unpaired) electrons. The van der Waals surface area contributed by atoms with Crippen molar-refractivity contribution in [2.75, 3.05) is 5.75 Å². The lowest BCUT2D eigenvalue weighted by atomic mass is 10.2. The van der Waals surface area contributed by atoms with E-state index in [2.05, 4.69) is 29.4 Å². The molecule has 0 fully saturated rings. The lowest BCUT2D eigenvalue weighted by Gasteiger charge is -2.08. The number of hydrogen-bond donors (Lipinski definition) is 1. The van der Waals surface area contributed by atoms with Crippen LogP contribution in [0.15, 0.2) is 59.3 Å². The van der Waals surface area contributed by atoms with Gasteiger partial charge in [0.05, 0.1) is 12.3 Å². The van der Waals surface area contributed by atoms with Gasteiger partial charge in [-0.05, 0) is 36.1 Å². The molecule has 1 N–H and O–H groups in total. The normalized spacial score (nSPS) is 10.7. The van der Waals surface area contributed by atoms with Gasteiger partial charge in [0.2, 0.25) is 5.91 Å². The van der Waals surface area contributed by atoms with Gasteiger partial charge >= 0.3 is 0 Å². The van der Waals surface area contributed by atoms with Crippen LogP contribution in [0.2, 0.25) is 0 Å². The van der Waals surface area contributed by atoms with Crippen LogP contribution in [0.4, 0.5) is 0 Å². The van der Waals surface area contributed by atoms with E-state index in [9.17, 15) is 4.79 Å². The first-order valence-corrected chi connectivity index (χ1v) is 9.11. The second kappa shape index (κ2) is 7.48. The fourth-order valence-electron chi connectivity index (χ4n) is 2.15. The third kappa shape index (κ3) is 4.24. The van der Waals surface area contributed by atoms with Gasteiger partial charge in [-0.2, -0.15) is 0 Å². The van der Waals surface area contributed by atoms with Gasteiger partial charge in [0, 0.05) is 23.0 Å². The average molecular weight is 343 g/mol. The van der Waals surface area contributed by atoms with E-state index >= 15 is 0 Å². The highest BCUT2D eigenvalue weighted by molar-refractivity contribution is 7.99. The predicted molar refractivity (Wildman–Crippen MR) is 95.2 cm³/mol. The Hall–Kier alpha value is -2.05. The summed E-state index contributed by atoms with van der Waals surface area (Å²) in [6, 6.07) is 12.2. The Labute approximate surface area is 143 Å². The average Bonchev–Trinajstić information content (AvgIpc) is 3.22. The Morgan fingerprint density at radius 3 is 3.04 bits per heavy atom. The second-order valence-corrected chi connectivity index (χ2v) is 7.04. The van der Waals surface area contributed by atoms with Crippen molar-refractivity contribution >= 4 is 29.0 Å². The number of benzene rings is 1. The van der Waals surface area contributed by atoms with Crippen molar-refractivity contribution in [3.8, 4) is 5.69 Å². The molecule has 0 bridgehead atoms. The molecule has 3 aromatic rings. The molecule has 23 heavy (non-hydrogen) atoms. The lowest BCUT2D eigenvalue weighted by molar-refractivity contribution is -0.118. The Bertz CT molecular complexity index is 781. The van der Waals surface area contributed by atoms with Crippen LogP contribution in [0.25, 0.3) is 5.69 Å². The van der Waals surface area contributed by atoms with Crippen LogP contribution in [0.5, 0.6) is 0 Å². The van der Waals surface area contributed by atoms with Crippen LogP contribution in [-0.2, 0) is 11.3 Å². The van der Waals surface area contributed by atoms with E-state index in [1.807, 2.05) is 40.4 Å². The molecule has 0 atom stereocenters. The van der Waals surface area contributed by atoms with Gasteiger partial charge in [0.15, 0.2) is 5.16 Å². The number of rotatable bonds is 6. The van der Waals surface area contributed by atoms with Crippen LogP contribution in [0, 0.1) is 6.92 Å². The zero-order chi connectivity index (χ0) is 16.1. The van der Waals surface area contributed by atoms with Gasteiger partial charge in [-0.15, -0.1) is 11.3 Å². The van der Waals surface area contributed by atoms with Gasteiger partial charge < -0.3 is 5.32 Å². The summed E-state index contributed by atoms with van der Waals surface area (Å²) < 4.78 is 2.00. The van der Waals surface area contributed by atoms with Crippen molar-refractivity contribution in [1.29, 1.82) is 0 Å². The Morgan fingerprint density at radius 2 is 2.26 bits per heavy atom. The highest BCUT2D eigenvalue weighted by Gasteiger charge is 2.09. The largest absolute Gasteiger partial charge is 0.350 e. The number of carbonyl (C=O) groups is 1. The van der Waals surface area contributed by atoms with Gasteiger partial charge in [0.25, 0.3) is 0 Å². The van der Waals surface area contributed by atoms with Gasteiger partial charge in [0.1, 0.15) is 0 Å². The number of imidazole rings is 1. The van der Waals surface area contributed by atoms with E-state index in [1.54, 1.807) is 17.5 Å². The van der Waals surface area contributed by atoms with Gasteiger partial charge in [-0.3, -0.25) is 9.36 Å². The summed E-state index contributed by atoms with van der Waals surface area (Å²) in [6.45, 7) is 2.65. The summed E-state index contributed by atoms with van der Waals surface area (Å²) in [4.78, 5) is 17.5. The van der Waals surface area contributed by atoms with Crippen molar-refractivity contribution in [3.05, 3.63) is 64.6 Å². The number of nitrogens with one attached hydrogen (secondary N) is 1. The molecule has 0 aliphatic carbocycles. The van der Waals surface area contributed by atoms with E-state index in [4.69, 9.17) is 0 Å². The van der Waals surface area contributed by atoms with Crippen LogP contribution in [-0.4, -0.2) is 21.2 Å². The van der Waals surface area contributed by atoms with Crippen molar-refractivity contribution in [1.82, 2.24) is 14.9 Å². The molecule has 0 unspecified atom stereocenters. The van der Waals surface area contributed by atoms with Crippen LogP contribution in [0.3, 0.4) is 0 Å². The molecule has 1 aromatic carbocycles. The highest BCUT2D eigenvalue weighted by Crippen LogP contribution is 2.21. The summed E-state index contributed by atoms with van der Waals surface area (Å²) >= 11 is 3.09. The van der Waals surface area contributed by atoms with Crippen molar-refractivity contribution in [3.63, 3.8) is 0 Å². The summed E-state index contributed by atoms with van der Waals surface area (Å²) in [5.41, 5.74) is 2.25. The van der Waals surface area contributed by atoms with Crippen molar-refractivity contribution in [2.24, 2.45) is 0 Å². The maximum Gasteiger partial charge on any atom is 0.230 e. The Balaban J connectivity index is 1.58. The number of nitrogens with zero attached hydrogens (tertiary/aromatic N) is 2. The Kier molecular flexibility index (Phi) is 5.15. The fraction of sp³-hybridized carbons (Fsp3) is 0.176. The molecule has 0 spiro atoms. The first-order chi connectivity index (χ1) is 11.2. The topological polar surface area (TPSA) is 46.9 Å². The summed E-state index contributed by atoms with van der Waals surface area (Å²) in [7, 11) is 0. The molecule has 2 aromatic heterocycles. The van der Waals surface area contributed by atoms with E-state index in [-0.39, 0.29) is 5.91 Å². The maximum absolute atomic E-state index is 12.0. The van der Waals surface area contributed by atoms with Gasteiger partial charge in [-0.25, -0.2) is 4.98 Å². The fourth-order valence-corrected chi connectivity index (χ4v) is 3.60. The monoisotopic (exact) mass is 343 g/mol. The highest BCUT2D eigenvalue weighted by atomic mass is 32.2. The minimum absolute atomic E-state index is 0.0159. The molecular weight excluding hydrogens is 326 g/mol. The molecule has 0 aliphatic heterocycles. The minimum atomic E-state index is 0.0159. The Morgan fingerprint density at radius 1 is 1.35 bits per heavy atom. The molecule has 2 heterocycles. The third-order valence-electron chi connectivity index (χ3n) is 3.26. The number of aromatic nitrogens is 2. The second-order valence-electron chi connectivity index (χ2n) is 5.06. The first kappa shape index (κ1) is 15.8. The van der Waals surface area contributed by atoms with Gasteiger partial charge in [-0.1, -0.05) is 30.0 Å². The van der Waals surface area contributed by atoms with E-state index in [0.29, 0.717) is 12.3 Å². The standard InChI is InChI=1S/C17H17N3OS2/c1-13-4-2-5-14(10-13)20-8-7-18-17(20)23-12-16(21)19-11-15-6-3-9-22-15/h2-10H,11-12H2,1H3,(H,19,21). The summed E-state index contributed by atoms with van der Waals surface area (Å²) in [6.07, 6.45) is 3.68. The minimum Gasteiger partial charge on any atom is -0.350 e. The molecule has 4 nitrogen and oxygen atoms in total. The quantitative estimate of drug-likeness (QED) is 0.695. The van der Waals surface area contributed by atoms with E-state index in [1.165, 1.54) is 17.3 Å². The van der Waals surface area contributed by atoms with Crippen LogP contribution < -0.4 is 5.32 Å². The summed E-state index contributed by atoms with van der Waals surface area (Å²) in [5, 5.41) is 5.76. The number of aryl methyl sites for hydroxylation is 1. The molecule has 3 rings (SSSR count). The van der Waals surface area contributed by atoms with Crippen molar-refractivity contribution in [2.45, 2.75) is 18.6 Å². The van der Waals surface area contributed by atoms with Crippen molar-refractivity contribution < 1.29 is 4.79 Å².